The molecule has 32 heavy (non-hydrogen) atoms. The number of allylic oxidation sites excluding steroid dienone is 4. The molecule has 0 radical (unpaired) electrons. The van der Waals surface area contributed by atoms with Crippen LogP contribution >= 0.6 is 0 Å². The first-order valence-corrected chi connectivity index (χ1v) is 13.0. The highest BCUT2D eigenvalue weighted by atomic mass is 16.6. The number of fused-ring (bicyclic) bond motifs is 1. The predicted octanol–water partition coefficient (Wildman–Crippen LogP) is 7.30. The van der Waals surface area contributed by atoms with Crippen molar-refractivity contribution in [2.75, 3.05) is 0 Å². The maximum Gasteiger partial charge on any atom is 0.306 e. The number of rotatable bonds is 6. The largest absolute Gasteiger partial charge is 0.460 e. The number of carbonyl (C=O) groups excluding carboxylic acids is 1. The predicted molar refractivity (Wildman–Crippen MR) is 132 cm³/mol. The van der Waals surface area contributed by atoms with Gasteiger partial charge in [0.1, 0.15) is 5.60 Å². The standard InChI is InChI=1S/C29H46O3/c1-20-12-15-24(30)19-23(20)14-13-22-10-8-18-29(6)25(16-17-26(22)29)21(2)9-7-11-27(31)32-28(3,4)5/h13-14,21,24-26,30H,1,7-12,15-19H2,2-6H3/b22-13+,23-14-/t21-,24+,25+,26-,29+/m0/s1. The van der Waals surface area contributed by atoms with Gasteiger partial charge in [0.2, 0.25) is 0 Å². The first-order valence-electron chi connectivity index (χ1n) is 13.0. The van der Waals surface area contributed by atoms with Crippen molar-refractivity contribution in [2.45, 2.75) is 117 Å². The van der Waals surface area contributed by atoms with Gasteiger partial charge in [-0.05, 0) is 114 Å². The Kier molecular flexibility index (Phi) is 8.12. The molecular weight excluding hydrogens is 396 g/mol. The minimum atomic E-state index is -0.392. The summed E-state index contributed by atoms with van der Waals surface area (Å²) >= 11 is 0. The van der Waals surface area contributed by atoms with Crippen molar-refractivity contribution in [1.82, 2.24) is 0 Å². The van der Waals surface area contributed by atoms with E-state index < -0.39 is 5.60 Å². The highest BCUT2D eigenvalue weighted by Crippen LogP contribution is 2.59. The molecule has 1 N–H and O–H groups in total. The Balaban J connectivity index is 1.61. The molecule has 3 fully saturated rings. The molecule has 5 atom stereocenters. The molecule has 0 unspecified atom stereocenters. The normalized spacial score (nSPS) is 34.6. The Labute approximate surface area is 196 Å². The van der Waals surface area contributed by atoms with Gasteiger partial charge in [-0.15, -0.1) is 0 Å². The van der Waals surface area contributed by atoms with Crippen molar-refractivity contribution in [2.24, 2.45) is 23.2 Å². The van der Waals surface area contributed by atoms with Gasteiger partial charge in [-0.2, -0.15) is 0 Å². The number of hydrogen-bond donors (Lipinski definition) is 1. The lowest BCUT2D eigenvalue weighted by molar-refractivity contribution is -0.155. The quantitative estimate of drug-likeness (QED) is 0.439. The maximum atomic E-state index is 12.1. The van der Waals surface area contributed by atoms with Crippen molar-refractivity contribution in [3.63, 3.8) is 0 Å². The van der Waals surface area contributed by atoms with Gasteiger partial charge in [-0.1, -0.05) is 43.7 Å². The van der Waals surface area contributed by atoms with Gasteiger partial charge in [-0.3, -0.25) is 4.79 Å². The van der Waals surface area contributed by atoms with E-state index in [1.807, 2.05) is 20.8 Å². The van der Waals surface area contributed by atoms with Crippen LogP contribution in [-0.2, 0) is 9.53 Å². The van der Waals surface area contributed by atoms with E-state index in [1.165, 1.54) is 43.3 Å². The third kappa shape index (κ3) is 6.16. The first kappa shape index (κ1) is 25.3. The van der Waals surface area contributed by atoms with E-state index in [0.717, 1.165) is 38.0 Å². The summed E-state index contributed by atoms with van der Waals surface area (Å²) in [7, 11) is 0. The zero-order chi connectivity index (χ0) is 23.5. The second-order valence-electron chi connectivity index (χ2n) is 12.0. The van der Waals surface area contributed by atoms with E-state index in [2.05, 4.69) is 32.6 Å². The van der Waals surface area contributed by atoms with Crippen molar-refractivity contribution < 1.29 is 14.6 Å². The van der Waals surface area contributed by atoms with Crippen molar-refractivity contribution in [1.29, 1.82) is 0 Å². The highest BCUT2D eigenvalue weighted by molar-refractivity contribution is 5.69. The molecule has 180 valence electrons. The Morgan fingerprint density at radius 3 is 2.72 bits per heavy atom. The minimum Gasteiger partial charge on any atom is -0.460 e. The molecule has 3 saturated carbocycles. The second-order valence-corrected chi connectivity index (χ2v) is 12.0. The van der Waals surface area contributed by atoms with Crippen LogP contribution in [0.3, 0.4) is 0 Å². The van der Waals surface area contributed by atoms with Gasteiger partial charge in [0.05, 0.1) is 6.10 Å². The third-order valence-electron chi connectivity index (χ3n) is 8.37. The van der Waals surface area contributed by atoms with E-state index in [1.54, 1.807) is 5.57 Å². The van der Waals surface area contributed by atoms with E-state index in [4.69, 9.17) is 4.74 Å². The van der Waals surface area contributed by atoms with Crippen LogP contribution in [0.5, 0.6) is 0 Å². The minimum absolute atomic E-state index is 0.0643. The van der Waals surface area contributed by atoms with Gasteiger partial charge in [0.25, 0.3) is 0 Å². The van der Waals surface area contributed by atoms with E-state index in [-0.39, 0.29) is 12.1 Å². The molecule has 0 bridgehead atoms. The summed E-state index contributed by atoms with van der Waals surface area (Å²) < 4.78 is 5.48. The molecule has 0 spiro atoms. The summed E-state index contributed by atoms with van der Waals surface area (Å²) in [6.07, 6.45) is 15.9. The van der Waals surface area contributed by atoms with Gasteiger partial charge in [0, 0.05) is 6.42 Å². The maximum absolute atomic E-state index is 12.1. The number of aliphatic hydroxyl groups is 1. The highest BCUT2D eigenvalue weighted by Gasteiger charge is 2.50. The van der Waals surface area contributed by atoms with Gasteiger partial charge in [-0.25, -0.2) is 0 Å². The average molecular weight is 443 g/mol. The molecule has 0 aliphatic heterocycles. The molecular formula is C29H46O3. The van der Waals surface area contributed by atoms with Crippen LogP contribution in [0.4, 0.5) is 0 Å². The smallest absolute Gasteiger partial charge is 0.306 e. The Morgan fingerprint density at radius 2 is 2.00 bits per heavy atom. The fraction of sp³-hybridized carbons (Fsp3) is 0.759. The van der Waals surface area contributed by atoms with E-state index in [0.29, 0.717) is 23.7 Å². The topological polar surface area (TPSA) is 46.5 Å². The first-order chi connectivity index (χ1) is 15.0. The van der Waals surface area contributed by atoms with Crippen LogP contribution in [0.15, 0.2) is 35.5 Å². The molecule has 3 nitrogen and oxygen atoms in total. The number of esters is 1. The van der Waals surface area contributed by atoms with E-state index >= 15 is 0 Å². The summed E-state index contributed by atoms with van der Waals surface area (Å²) in [5.41, 5.74) is 4.04. The Hall–Kier alpha value is -1.35. The third-order valence-corrected chi connectivity index (χ3v) is 8.37. The molecule has 3 heteroatoms. The number of hydrogen-bond acceptors (Lipinski definition) is 3. The molecule has 3 rings (SSSR count). The summed E-state index contributed by atoms with van der Waals surface area (Å²) in [6, 6.07) is 0. The molecule has 0 aromatic heterocycles. The molecule has 0 amide bonds. The molecule has 0 aromatic rings. The molecule has 3 aliphatic carbocycles. The monoisotopic (exact) mass is 442 g/mol. The fourth-order valence-corrected chi connectivity index (χ4v) is 6.77. The summed E-state index contributed by atoms with van der Waals surface area (Å²) in [5.74, 6) is 1.98. The zero-order valence-electron chi connectivity index (χ0n) is 21.2. The lowest BCUT2D eigenvalue weighted by Gasteiger charge is -2.44. The zero-order valence-corrected chi connectivity index (χ0v) is 21.2. The molecule has 0 heterocycles. The van der Waals surface area contributed by atoms with Crippen LogP contribution in [0.25, 0.3) is 0 Å². The summed E-state index contributed by atoms with van der Waals surface area (Å²) in [5, 5.41) is 10.1. The van der Waals surface area contributed by atoms with Gasteiger partial charge < -0.3 is 9.84 Å². The Bertz CT molecular complexity index is 753. The van der Waals surface area contributed by atoms with Crippen LogP contribution < -0.4 is 0 Å². The second kappa shape index (κ2) is 10.3. The number of carbonyl (C=O) groups is 1. The van der Waals surface area contributed by atoms with Crippen LogP contribution in [0.2, 0.25) is 0 Å². The van der Waals surface area contributed by atoms with Crippen LogP contribution in [-0.4, -0.2) is 22.8 Å². The van der Waals surface area contributed by atoms with Crippen LogP contribution in [0, 0.1) is 23.2 Å². The molecule has 0 saturated heterocycles. The van der Waals surface area contributed by atoms with Crippen LogP contribution in [0.1, 0.15) is 105 Å². The summed E-state index contributed by atoms with van der Waals surface area (Å²) in [6.45, 7) is 15.0. The van der Waals surface area contributed by atoms with Gasteiger partial charge in [0.15, 0.2) is 0 Å². The lowest BCUT2D eigenvalue weighted by atomic mass is 9.60. The SMILES string of the molecule is C=C1CC[C@@H](O)C/C1=C/C=C1\CCC[C@]2(C)[C@@H]([C@@H](C)CCCC(=O)OC(C)(C)C)CC[C@@H]12. The summed E-state index contributed by atoms with van der Waals surface area (Å²) in [4.78, 5) is 12.1. The Morgan fingerprint density at radius 1 is 1.25 bits per heavy atom. The average Bonchev–Trinajstić information content (AvgIpc) is 3.04. The van der Waals surface area contributed by atoms with Crippen molar-refractivity contribution in [3.8, 4) is 0 Å². The lowest BCUT2D eigenvalue weighted by Crippen LogP contribution is -2.36. The van der Waals surface area contributed by atoms with E-state index in [9.17, 15) is 9.90 Å². The van der Waals surface area contributed by atoms with Crippen molar-refractivity contribution >= 4 is 5.97 Å². The van der Waals surface area contributed by atoms with Gasteiger partial charge >= 0.3 is 5.97 Å². The fourth-order valence-electron chi connectivity index (χ4n) is 6.77. The molecule has 3 aliphatic rings. The number of ether oxygens (including phenoxy) is 1. The van der Waals surface area contributed by atoms with Crippen molar-refractivity contribution in [3.05, 3.63) is 35.5 Å². The molecule has 0 aromatic carbocycles. The number of aliphatic hydroxyl groups excluding tert-OH is 1.